The molecule has 0 aliphatic rings. The van der Waals surface area contributed by atoms with Crippen molar-refractivity contribution in [2.75, 3.05) is 0 Å². The first kappa shape index (κ1) is 15.7. The highest BCUT2D eigenvalue weighted by Crippen LogP contribution is 2.30. The molecule has 11 heteroatoms. The molecule has 1 aromatic carbocycles. The Morgan fingerprint density at radius 3 is 2.52 bits per heavy atom. The van der Waals surface area contributed by atoms with E-state index in [1.54, 1.807) is 0 Å². The van der Waals surface area contributed by atoms with E-state index < -0.39 is 25.5 Å². The second kappa shape index (κ2) is 5.44. The van der Waals surface area contributed by atoms with Gasteiger partial charge in [-0.05, 0) is 23.7 Å². The van der Waals surface area contributed by atoms with Crippen LogP contribution in [0.25, 0.3) is 11.0 Å². The summed E-state index contributed by atoms with van der Waals surface area (Å²) in [5, 5.41) is 10.8. The maximum atomic E-state index is 12.8. The van der Waals surface area contributed by atoms with E-state index in [0.29, 0.717) is 0 Å². The molecule has 3 rings (SSSR count). The minimum absolute atomic E-state index is 0.00535. The highest BCUT2D eigenvalue weighted by atomic mass is 35.5. The Bertz CT molecular complexity index is 1050. The summed E-state index contributed by atoms with van der Waals surface area (Å²) in [6, 6.07) is 6.39. The van der Waals surface area contributed by atoms with Gasteiger partial charge in [-0.2, -0.15) is 0 Å². The normalized spacial score (nSPS) is 11.7. The summed E-state index contributed by atoms with van der Waals surface area (Å²) in [5.74, 6) is 0. The molecule has 0 aliphatic carbocycles. The maximum Gasteiger partial charge on any atom is 0.289 e. The van der Waals surface area contributed by atoms with Gasteiger partial charge in [0, 0.05) is 12.3 Å². The van der Waals surface area contributed by atoms with Crippen molar-refractivity contribution in [1.82, 2.24) is 13.9 Å². The van der Waals surface area contributed by atoms with E-state index in [4.69, 9.17) is 23.2 Å². The number of hydrogen-bond donors (Lipinski definition) is 0. The van der Waals surface area contributed by atoms with Crippen molar-refractivity contribution in [1.29, 1.82) is 0 Å². The summed E-state index contributed by atoms with van der Waals surface area (Å²) >= 11 is 11.6. The van der Waals surface area contributed by atoms with E-state index in [1.807, 2.05) is 0 Å². The van der Waals surface area contributed by atoms with Gasteiger partial charge in [0.25, 0.3) is 15.7 Å². The number of para-hydroxylation sites is 1. The van der Waals surface area contributed by atoms with Crippen LogP contribution in [-0.4, -0.2) is 27.3 Å². The number of rotatable bonds is 3. The lowest BCUT2D eigenvalue weighted by molar-refractivity contribution is -0.387. The molecule has 8 nitrogen and oxygen atoms in total. The first-order chi connectivity index (χ1) is 10.8. The molecule has 0 saturated carbocycles. The van der Waals surface area contributed by atoms with Gasteiger partial charge in [-0.3, -0.25) is 10.1 Å². The summed E-state index contributed by atoms with van der Waals surface area (Å²) in [6.07, 6.45) is 1.19. The van der Waals surface area contributed by atoms with Crippen LogP contribution in [0.5, 0.6) is 0 Å². The number of fused-ring (bicyclic) bond motifs is 1. The number of nitro benzene ring substituents is 1. The first-order valence-corrected chi connectivity index (χ1v) is 8.21. The van der Waals surface area contributed by atoms with E-state index >= 15 is 0 Å². The van der Waals surface area contributed by atoms with Gasteiger partial charge in [-0.15, -0.1) is 0 Å². The van der Waals surface area contributed by atoms with Crippen molar-refractivity contribution < 1.29 is 13.3 Å². The van der Waals surface area contributed by atoms with Gasteiger partial charge >= 0.3 is 0 Å². The molecule has 2 heterocycles. The number of benzene rings is 1. The zero-order valence-electron chi connectivity index (χ0n) is 11.1. The molecule has 0 bridgehead atoms. The van der Waals surface area contributed by atoms with Gasteiger partial charge in [-0.25, -0.2) is 22.4 Å². The summed E-state index contributed by atoms with van der Waals surface area (Å²) in [7, 11) is -4.27. The van der Waals surface area contributed by atoms with Crippen LogP contribution in [0.15, 0.2) is 41.4 Å². The Hall–Kier alpha value is -2.23. The van der Waals surface area contributed by atoms with Crippen LogP contribution < -0.4 is 0 Å². The first-order valence-electron chi connectivity index (χ1n) is 6.01. The second-order valence-electron chi connectivity index (χ2n) is 4.36. The van der Waals surface area contributed by atoms with Crippen molar-refractivity contribution in [2.24, 2.45) is 0 Å². The van der Waals surface area contributed by atoms with Gasteiger partial charge in [0.05, 0.1) is 10.4 Å². The molecular weight excluding hydrogens is 367 g/mol. The highest BCUT2D eigenvalue weighted by molar-refractivity contribution is 7.90. The van der Waals surface area contributed by atoms with E-state index in [1.165, 1.54) is 24.4 Å². The fourth-order valence-electron chi connectivity index (χ4n) is 2.08. The third kappa shape index (κ3) is 2.52. The van der Waals surface area contributed by atoms with Crippen LogP contribution in [0.2, 0.25) is 10.4 Å². The van der Waals surface area contributed by atoms with Gasteiger partial charge in [-0.1, -0.05) is 23.7 Å². The lowest BCUT2D eigenvalue weighted by Gasteiger charge is -2.08. The minimum Gasteiger partial charge on any atom is -0.258 e. The molecule has 23 heavy (non-hydrogen) atoms. The molecule has 0 amide bonds. The van der Waals surface area contributed by atoms with Crippen molar-refractivity contribution in [3.05, 3.63) is 57.1 Å². The standard InChI is InChI=1S/C12H6Cl2N4O4S/c13-11-10-7(15-12(14)16-11)5-6-17(10)23(21,22)9-4-2-1-3-8(9)18(19)20/h1-6H. The Morgan fingerprint density at radius 2 is 1.83 bits per heavy atom. The van der Waals surface area contributed by atoms with Gasteiger partial charge < -0.3 is 0 Å². The maximum absolute atomic E-state index is 12.8. The molecule has 2 aromatic heterocycles. The van der Waals surface area contributed by atoms with Crippen molar-refractivity contribution >= 4 is 49.9 Å². The molecular formula is C12H6Cl2N4O4S. The highest BCUT2D eigenvalue weighted by Gasteiger charge is 2.29. The van der Waals surface area contributed by atoms with Crippen molar-refractivity contribution in [3.8, 4) is 0 Å². The number of nitrogens with zero attached hydrogens (tertiary/aromatic N) is 4. The predicted octanol–water partition coefficient (Wildman–Crippen LogP) is 2.88. The molecule has 0 fully saturated rings. The molecule has 0 saturated heterocycles. The molecule has 3 aromatic rings. The second-order valence-corrected chi connectivity index (χ2v) is 6.84. The van der Waals surface area contributed by atoms with Crippen LogP contribution in [0.4, 0.5) is 5.69 Å². The molecule has 0 radical (unpaired) electrons. The van der Waals surface area contributed by atoms with Crippen LogP contribution in [0.3, 0.4) is 0 Å². The number of aromatic nitrogens is 3. The molecule has 0 N–H and O–H groups in total. The molecule has 0 spiro atoms. The van der Waals surface area contributed by atoms with Gasteiger partial charge in [0.2, 0.25) is 5.28 Å². The van der Waals surface area contributed by atoms with Crippen LogP contribution >= 0.6 is 23.2 Å². The summed E-state index contributed by atoms with van der Waals surface area (Å²) in [5.41, 5.74) is -0.341. The lowest BCUT2D eigenvalue weighted by atomic mass is 10.3. The van der Waals surface area contributed by atoms with Crippen LogP contribution in [0, 0.1) is 10.1 Å². The van der Waals surface area contributed by atoms with E-state index in [0.717, 1.165) is 16.1 Å². The van der Waals surface area contributed by atoms with Gasteiger partial charge in [0.15, 0.2) is 10.0 Å². The molecule has 0 atom stereocenters. The van der Waals surface area contributed by atoms with Crippen molar-refractivity contribution in [2.45, 2.75) is 4.90 Å². The molecule has 0 aliphatic heterocycles. The summed E-state index contributed by atoms with van der Waals surface area (Å²) < 4.78 is 26.4. The van der Waals surface area contributed by atoms with E-state index in [-0.39, 0.29) is 21.5 Å². The SMILES string of the molecule is O=[N+]([O-])c1ccccc1S(=O)(=O)n1ccc2nc(Cl)nc(Cl)c21. The summed E-state index contributed by atoms with van der Waals surface area (Å²) in [4.78, 5) is 17.4. The van der Waals surface area contributed by atoms with E-state index in [9.17, 15) is 18.5 Å². The van der Waals surface area contributed by atoms with Crippen molar-refractivity contribution in [3.63, 3.8) is 0 Å². The number of hydrogen-bond acceptors (Lipinski definition) is 6. The zero-order chi connectivity index (χ0) is 16.8. The number of nitro groups is 1. The number of halogens is 2. The minimum atomic E-state index is -4.27. The molecule has 118 valence electrons. The Balaban J connectivity index is 2.33. The Morgan fingerprint density at radius 1 is 1.13 bits per heavy atom. The topological polar surface area (TPSA) is 108 Å². The Kier molecular flexibility index (Phi) is 3.71. The fourth-order valence-corrected chi connectivity index (χ4v) is 4.13. The average molecular weight is 373 g/mol. The third-order valence-corrected chi connectivity index (χ3v) is 5.18. The van der Waals surface area contributed by atoms with Crippen LogP contribution in [0.1, 0.15) is 0 Å². The monoisotopic (exact) mass is 372 g/mol. The molecule has 0 unspecified atom stereocenters. The Labute approximate surface area is 139 Å². The zero-order valence-corrected chi connectivity index (χ0v) is 13.4. The lowest BCUT2D eigenvalue weighted by Crippen LogP contribution is -2.14. The fraction of sp³-hybridized carbons (Fsp3) is 0. The van der Waals surface area contributed by atoms with Crippen LogP contribution in [-0.2, 0) is 10.0 Å². The van der Waals surface area contributed by atoms with E-state index in [2.05, 4.69) is 9.97 Å². The third-order valence-electron chi connectivity index (χ3n) is 3.03. The predicted molar refractivity (Wildman–Crippen MR) is 83.2 cm³/mol. The summed E-state index contributed by atoms with van der Waals surface area (Å²) in [6.45, 7) is 0. The smallest absolute Gasteiger partial charge is 0.258 e. The average Bonchev–Trinajstić information content (AvgIpc) is 2.92. The quantitative estimate of drug-likeness (QED) is 0.302. The largest absolute Gasteiger partial charge is 0.289 e. The van der Waals surface area contributed by atoms with Gasteiger partial charge in [0.1, 0.15) is 5.52 Å².